The maximum Gasteiger partial charge on any atom is 0.259 e. The van der Waals surface area contributed by atoms with Gasteiger partial charge >= 0.3 is 0 Å². The SMILES string of the molecule is CCCN(CCC)C(=O)c1cc(-c2ccc(C)cc2)nc2onc(C)c12. The number of aromatic nitrogens is 2. The summed E-state index contributed by atoms with van der Waals surface area (Å²) in [4.78, 5) is 19.7. The minimum Gasteiger partial charge on any atom is -0.339 e. The summed E-state index contributed by atoms with van der Waals surface area (Å²) in [7, 11) is 0. The minimum absolute atomic E-state index is 0.0146. The molecule has 0 aliphatic heterocycles. The minimum atomic E-state index is 0.0146. The molecule has 0 aliphatic rings. The van der Waals surface area contributed by atoms with E-state index in [9.17, 15) is 4.79 Å². The molecular weight excluding hydrogens is 326 g/mol. The molecule has 0 bridgehead atoms. The predicted molar refractivity (Wildman–Crippen MR) is 103 cm³/mol. The molecule has 0 saturated carbocycles. The number of nitrogens with zero attached hydrogens (tertiary/aromatic N) is 3. The number of fused-ring (bicyclic) bond motifs is 1. The van der Waals surface area contributed by atoms with Crippen LogP contribution in [0.5, 0.6) is 0 Å². The van der Waals surface area contributed by atoms with E-state index in [1.54, 1.807) is 0 Å². The second-order valence-corrected chi connectivity index (χ2v) is 6.66. The first kappa shape index (κ1) is 18.1. The zero-order chi connectivity index (χ0) is 18.7. The number of benzene rings is 1. The first-order valence-corrected chi connectivity index (χ1v) is 9.18. The van der Waals surface area contributed by atoms with Crippen LogP contribution in [0.25, 0.3) is 22.4 Å². The van der Waals surface area contributed by atoms with Gasteiger partial charge in [0.15, 0.2) is 0 Å². The Bertz CT molecular complexity index is 907. The molecule has 0 saturated heterocycles. The summed E-state index contributed by atoms with van der Waals surface area (Å²) in [5.41, 5.74) is 4.59. The molecule has 3 rings (SSSR count). The van der Waals surface area contributed by atoms with Crippen molar-refractivity contribution in [3.05, 3.63) is 47.2 Å². The van der Waals surface area contributed by atoms with E-state index < -0.39 is 0 Å². The van der Waals surface area contributed by atoms with Crippen molar-refractivity contribution >= 4 is 17.0 Å². The fourth-order valence-corrected chi connectivity index (χ4v) is 3.16. The Hall–Kier alpha value is -2.69. The first-order chi connectivity index (χ1) is 12.5. The highest BCUT2D eigenvalue weighted by molar-refractivity contribution is 6.07. The largest absolute Gasteiger partial charge is 0.339 e. The van der Waals surface area contributed by atoms with Gasteiger partial charge in [-0.15, -0.1) is 0 Å². The van der Waals surface area contributed by atoms with E-state index in [0.717, 1.165) is 37.2 Å². The van der Waals surface area contributed by atoms with Crippen LogP contribution >= 0.6 is 0 Å². The van der Waals surface area contributed by atoms with E-state index in [0.29, 0.717) is 22.4 Å². The molecule has 0 atom stereocenters. The summed E-state index contributed by atoms with van der Waals surface area (Å²) in [6.07, 6.45) is 1.85. The van der Waals surface area contributed by atoms with E-state index in [-0.39, 0.29) is 5.91 Å². The average Bonchev–Trinajstić information content (AvgIpc) is 3.02. The van der Waals surface area contributed by atoms with Crippen LogP contribution in [0, 0.1) is 13.8 Å². The monoisotopic (exact) mass is 351 g/mol. The van der Waals surface area contributed by atoms with Gasteiger partial charge in [-0.1, -0.05) is 48.8 Å². The van der Waals surface area contributed by atoms with E-state index >= 15 is 0 Å². The molecule has 0 radical (unpaired) electrons. The van der Waals surface area contributed by atoms with Crippen molar-refractivity contribution in [2.24, 2.45) is 0 Å². The lowest BCUT2D eigenvalue weighted by Crippen LogP contribution is -2.32. The summed E-state index contributed by atoms with van der Waals surface area (Å²) in [6, 6.07) is 9.97. The molecule has 2 heterocycles. The molecule has 0 spiro atoms. The molecular formula is C21H25N3O2. The Morgan fingerprint density at radius 3 is 2.35 bits per heavy atom. The lowest BCUT2D eigenvalue weighted by Gasteiger charge is -2.22. The predicted octanol–water partition coefficient (Wildman–Crippen LogP) is 4.77. The van der Waals surface area contributed by atoms with Crippen molar-refractivity contribution in [2.75, 3.05) is 13.1 Å². The second-order valence-electron chi connectivity index (χ2n) is 6.66. The molecule has 0 aliphatic carbocycles. The lowest BCUT2D eigenvalue weighted by molar-refractivity contribution is 0.0757. The van der Waals surface area contributed by atoms with Gasteiger partial charge in [0.25, 0.3) is 11.6 Å². The van der Waals surface area contributed by atoms with Gasteiger partial charge < -0.3 is 9.42 Å². The number of rotatable bonds is 6. The van der Waals surface area contributed by atoms with Crippen LogP contribution in [0.2, 0.25) is 0 Å². The molecule has 3 aromatic rings. The van der Waals surface area contributed by atoms with Gasteiger partial charge in [-0.05, 0) is 32.8 Å². The van der Waals surface area contributed by atoms with Gasteiger partial charge in [0.2, 0.25) is 0 Å². The molecule has 5 nitrogen and oxygen atoms in total. The molecule has 1 aromatic carbocycles. The van der Waals surface area contributed by atoms with Gasteiger partial charge in [-0.3, -0.25) is 4.79 Å². The Balaban J connectivity index is 2.14. The van der Waals surface area contributed by atoms with E-state index in [1.807, 2.05) is 49.1 Å². The molecule has 1 amide bonds. The summed E-state index contributed by atoms with van der Waals surface area (Å²) < 4.78 is 5.39. The third kappa shape index (κ3) is 3.47. The molecule has 2 aromatic heterocycles. The zero-order valence-corrected chi connectivity index (χ0v) is 15.9. The number of hydrogen-bond donors (Lipinski definition) is 0. The van der Waals surface area contributed by atoms with E-state index in [4.69, 9.17) is 4.52 Å². The quantitative estimate of drug-likeness (QED) is 0.642. The van der Waals surface area contributed by atoms with Gasteiger partial charge in [0.1, 0.15) is 0 Å². The van der Waals surface area contributed by atoms with Crippen LogP contribution in [0.4, 0.5) is 0 Å². The molecule has 26 heavy (non-hydrogen) atoms. The number of amides is 1. The fraction of sp³-hybridized carbons (Fsp3) is 0.381. The standard InChI is InChI=1S/C21H25N3O2/c1-5-11-24(12-6-2)21(25)17-13-18(16-9-7-14(3)8-10-16)22-20-19(17)15(4)23-26-20/h7-10,13H,5-6,11-12H2,1-4H3. The van der Waals surface area contributed by atoms with Crippen molar-refractivity contribution in [1.29, 1.82) is 0 Å². The summed E-state index contributed by atoms with van der Waals surface area (Å²) >= 11 is 0. The first-order valence-electron chi connectivity index (χ1n) is 9.18. The van der Waals surface area contributed by atoms with Crippen LogP contribution in [0.1, 0.15) is 48.3 Å². The number of carbonyl (C=O) groups excluding carboxylic acids is 1. The fourth-order valence-electron chi connectivity index (χ4n) is 3.16. The van der Waals surface area contributed by atoms with Crippen molar-refractivity contribution in [3.8, 4) is 11.3 Å². The van der Waals surface area contributed by atoms with Crippen molar-refractivity contribution in [1.82, 2.24) is 15.0 Å². The van der Waals surface area contributed by atoms with Crippen LogP contribution in [-0.4, -0.2) is 34.0 Å². The smallest absolute Gasteiger partial charge is 0.259 e. The third-order valence-electron chi connectivity index (χ3n) is 4.47. The average molecular weight is 351 g/mol. The Morgan fingerprint density at radius 2 is 1.73 bits per heavy atom. The third-order valence-corrected chi connectivity index (χ3v) is 4.47. The van der Waals surface area contributed by atoms with Crippen molar-refractivity contribution in [3.63, 3.8) is 0 Å². The molecule has 136 valence electrons. The van der Waals surface area contributed by atoms with Crippen LogP contribution in [-0.2, 0) is 0 Å². The number of pyridine rings is 1. The van der Waals surface area contributed by atoms with Gasteiger partial charge in [0.05, 0.1) is 22.3 Å². The van der Waals surface area contributed by atoms with Crippen LogP contribution < -0.4 is 0 Å². The van der Waals surface area contributed by atoms with Crippen molar-refractivity contribution < 1.29 is 9.32 Å². The Kier molecular flexibility index (Phi) is 5.35. The normalized spacial score (nSPS) is 11.1. The highest BCUT2D eigenvalue weighted by Gasteiger charge is 2.22. The lowest BCUT2D eigenvalue weighted by atomic mass is 10.0. The van der Waals surface area contributed by atoms with Gasteiger partial charge in [-0.25, -0.2) is 4.98 Å². The zero-order valence-electron chi connectivity index (χ0n) is 15.9. The highest BCUT2D eigenvalue weighted by atomic mass is 16.5. The maximum atomic E-state index is 13.3. The number of hydrogen-bond acceptors (Lipinski definition) is 4. The topological polar surface area (TPSA) is 59.2 Å². The van der Waals surface area contributed by atoms with Gasteiger partial charge in [-0.2, -0.15) is 0 Å². The van der Waals surface area contributed by atoms with Crippen LogP contribution in [0.15, 0.2) is 34.9 Å². The van der Waals surface area contributed by atoms with Gasteiger partial charge in [0, 0.05) is 18.7 Å². The second kappa shape index (κ2) is 7.68. The van der Waals surface area contributed by atoms with E-state index in [1.165, 1.54) is 5.56 Å². The van der Waals surface area contributed by atoms with Crippen LogP contribution in [0.3, 0.4) is 0 Å². The summed E-state index contributed by atoms with van der Waals surface area (Å²) in [6.45, 7) is 9.53. The molecule has 5 heteroatoms. The highest BCUT2D eigenvalue weighted by Crippen LogP contribution is 2.28. The van der Waals surface area contributed by atoms with Crippen molar-refractivity contribution in [2.45, 2.75) is 40.5 Å². The van der Waals surface area contributed by atoms with E-state index in [2.05, 4.69) is 24.0 Å². The number of aryl methyl sites for hydroxylation is 2. The maximum absolute atomic E-state index is 13.3. The molecule has 0 unspecified atom stereocenters. The summed E-state index contributed by atoms with van der Waals surface area (Å²) in [5.74, 6) is 0.0146. The Labute approximate surface area is 154 Å². The molecule has 0 N–H and O–H groups in total. The Morgan fingerprint density at radius 1 is 1.08 bits per heavy atom. The number of carbonyl (C=O) groups is 1. The summed E-state index contributed by atoms with van der Waals surface area (Å²) in [5, 5.41) is 4.74. The molecule has 0 fully saturated rings.